The van der Waals surface area contributed by atoms with Crippen molar-refractivity contribution in [2.75, 3.05) is 19.0 Å². The number of nitrogens with one attached hydrogen (secondary N) is 3. The van der Waals surface area contributed by atoms with Gasteiger partial charge in [-0.05, 0) is 40.8 Å². The molecule has 0 spiro atoms. The average Bonchev–Trinajstić information content (AvgIpc) is 3.18. The zero-order valence-corrected chi connectivity index (χ0v) is 18.3. The SMILES string of the molecule is COc1ccc(C(NC(=O)[C@H]2CNC(=O)C2)C(=O)Nc2ccc(C(C)(C)C)cc2)cc1. The van der Waals surface area contributed by atoms with Crippen LogP contribution >= 0.6 is 0 Å². The van der Waals surface area contributed by atoms with Crippen molar-refractivity contribution in [1.29, 1.82) is 0 Å². The minimum atomic E-state index is -0.906. The first-order chi connectivity index (χ1) is 14.7. The average molecular weight is 424 g/mol. The Hall–Kier alpha value is -3.35. The van der Waals surface area contributed by atoms with Gasteiger partial charge in [0.2, 0.25) is 11.8 Å². The van der Waals surface area contributed by atoms with Crippen LogP contribution < -0.4 is 20.7 Å². The number of anilines is 1. The Morgan fingerprint density at radius 3 is 2.23 bits per heavy atom. The monoisotopic (exact) mass is 423 g/mol. The van der Waals surface area contributed by atoms with Gasteiger partial charge in [-0.2, -0.15) is 0 Å². The standard InChI is InChI=1S/C24H29N3O4/c1-24(2,3)17-7-9-18(10-8-17)26-23(30)21(15-5-11-19(31-4)12-6-15)27-22(29)16-13-20(28)25-14-16/h5-12,16,21H,13-14H2,1-4H3,(H,25,28)(H,26,30)(H,27,29)/t16-,21?/m1/s1. The van der Waals surface area contributed by atoms with Gasteiger partial charge in [-0.1, -0.05) is 45.0 Å². The van der Waals surface area contributed by atoms with E-state index < -0.39 is 12.0 Å². The van der Waals surface area contributed by atoms with Crippen LogP contribution in [0.1, 0.15) is 44.4 Å². The van der Waals surface area contributed by atoms with Crippen LogP contribution in [0.2, 0.25) is 0 Å². The zero-order valence-electron chi connectivity index (χ0n) is 18.3. The number of carbonyl (C=O) groups is 3. The number of hydrogen-bond acceptors (Lipinski definition) is 4. The van der Waals surface area contributed by atoms with Crippen LogP contribution in [0.3, 0.4) is 0 Å². The molecular weight excluding hydrogens is 394 g/mol. The van der Waals surface area contributed by atoms with Gasteiger partial charge >= 0.3 is 0 Å². The third-order valence-electron chi connectivity index (χ3n) is 5.36. The predicted octanol–water partition coefficient (Wildman–Crippen LogP) is 2.92. The van der Waals surface area contributed by atoms with E-state index in [9.17, 15) is 14.4 Å². The van der Waals surface area contributed by atoms with Crippen LogP contribution in [-0.2, 0) is 19.8 Å². The van der Waals surface area contributed by atoms with E-state index in [-0.39, 0.29) is 36.1 Å². The maximum absolute atomic E-state index is 13.1. The molecule has 0 bridgehead atoms. The van der Waals surface area contributed by atoms with E-state index in [1.807, 2.05) is 24.3 Å². The topological polar surface area (TPSA) is 96.5 Å². The number of ether oxygens (including phenoxy) is 1. The molecule has 1 fully saturated rings. The first kappa shape index (κ1) is 22.3. The second-order valence-electron chi connectivity index (χ2n) is 8.74. The molecule has 2 aromatic rings. The molecule has 3 amide bonds. The molecule has 2 aromatic carbocycles. The summed E-state index contributed by atoms with van der Waals surface area (Å²) in [5.41, 5.74) is 2.43. The van der Waals surface area contributed by atoms with Gasteiger partial charge in [-0.3, -0.25) is 14.4 Å². The maximum Gasteiger partial charge on any atom is 0.251 e. The normalized spacial score (nSPS) is 16.9. The van der Waals surface area contributed by atoms with Gasteiger partial charge in [0.25, 0.3) is 5.91 Å². The Morgan fingerprint density at radius 1 is 1.06 bits per heavy atom. The fourth-order valence-electron chi connectivity index (χ4n) is 3.42. The molecule has 0 aliphatic carbocycles. The fourth-order valence-corrected chi connectivity index (χ4v) is 3.42. The van der Waals surface area contributed by atoms with E-state index in [0.29, 0.717) is 17.0 Å². The molecule has 31 heavy (non-hydrogen) atoms. The van der Waals surface area contributed by atoms with Gasteiger partial charge in [-0.15, -0.1) is 0 Å². The maximum atomic E-state index is 13.1. The summed E-state index contributed by atoms with van der Waals surface area (Å²) in [7, 11) is 1.56. The Balaban J connectivity index is 1.79. The minimum Gasteiger partial charge on any atom is -0.497 e. The number of hydrogen-bond donors (Lipinski definition) is 3. The second kappa shape index (κ2) is 9.20. The summed E-state index contributed by atoms with van der Waals surface area (Å²) >= 11 is 0. The molecular formula is C24H29N3O4. The van der Waals surface area contributed by atoms with Gasteiger partial charge in [0, 0.05) is 18.7 Å². The number of benzene rings is 2. The summed E-state index contributed by atoms with van der Waals surface area (Å²) in [6.07, 6.45) is 0.122. The lowest BCUT2D eigenvalue weighted by Crippen LogP contribution is -2.40. The van der Waals surface area contributed by atoms with Crippen molar-refractivity contribution in [1.82, 2.24) is 10.6 Å². The molecule has 3 rings (SSSR count). The summed E-state index contributed by atoms with van der Waals surface area (Å²) in [5, 5.41) is 8.34. The molecule has 0 radical (unpaired) electrons. The van der Waals surface area contributed by atoms with Gasteiger partial charge in [-0.25, -0.2) is 0 Å². The van der Waals surface area contributed by atoms with Gasteiger partial charge in [0.1, 0.15) is 11.8 Å². The highest BCUT2D eigenvalue weighted by atomic mass is 16.5. The van der Waals surface area contributed by atoms with Crippen molar-refractivity contribution in [3.05, 3.63) is 59.7 Å². The molecule has 7 nitrogen and oxygen atoms in total. The van der Waals surface area contributed by atoms with E-state index in [2.05, 4.69) is 36.7 Å². The first-order valence-corrected chi connectivity index (χ1v) is 10.3. The van der Waals surface area contributed by atoms with Crippen molar-refractivity contribution in [2.24, 2.45) is 5.92 Å². The molecule has 3 N–H and O–H groups in total. The van der Waals surface area contributed by atoms with Crippen LogP contribution in [0.15, 0.2) is 48.5 Å². The molecule has 1 unspecified atom stereocenters. The van der Waals surface area contributed by atoms with Crippen molar-refractivity contribution in [2.45, 2.75) is 38.6 Å². The van der Waals surface area contributed by atoms with Gasteiger partial charge < -0.3 is 20.7 Å². The zero-order chi connectivity index (χ0) is 22.6. The highest BCUT2D eigenvalue weighted by molar-refractivity contribution is 5.99. The lowest BCUT2D eigenvalue weighted by molar-refractivity contribution is -0.129. The van der Waals surface area contributed by atoms with Gasteiger partial charge in [0.15, 0.2) is 0 Å². The van der Waals surface area contributed by atoms with E-state index in [4.69, 9.17) is 4.74 Å². The molecule has 7 heteroatoms. The Morgan fingerprint density at radius 2 is 1.71 bits per heavy atom. The Labute approximate surface area is 182 Å². The molecule has 1 heterocycles. The smallest absolute Gasteiger partial charge is 0.251 e. The highest BCUT2D eigenvalue weighted by Gasteiger charge is 2.31. The number of methoxy groups -OCH3 is 1. The van der Waals surface area contributed by atoms with Crippen LogP contribution in [0.4, 0.5) is 5.69 Å². The van der Waals surface area contributed by atoms with Gasteiger partial charge in [0.05, 0.1) is 13.0 Å². The number of rotatable bonds is 6. The molecule has 0 saturated carbocycles. The van der Waals surface area contributed by atoms with E-state index in [1.165, 1.54) is 0 Å². The molecule has 1 aliphatic heterocycles. The van der Waals surface area contributed by atoms with E-state index >= 15 is 0 Å². The largest absolute Gasteiger partial charge is 0.497 e. The predicted molar refractivity (Wildman–Crippen MR) is 119 cm³/mol. The summed E-state index contributed by atoms with van der Waals surface area (Å²) < 4.78 is 5.18. The first-order valence-electron chi connectivity index (χ1n) is 10.3. The summed E-state index contributed by atoms with van der Waals surface area (Å²) in [6, 6.07) is 13.7. The lowest BCUT2D eigenvalue weighted by atomic mass is 9.87. The number of carbonyl (C=O) groups excluding carboxylic acids is 3. The summed E-state index contributed by atoms with van der Waals surface area (Å²) in [4.78, 5) is 37.3. The van der Waals surface area contributed by atoms with Crippen LogP contribution in [0, 0.1) is 5.92 Å². The van der Waals surface area contributed by atoms with Crippen LogP contribution in [0.5, 0.6) is 5.75 Å². The molecule has 164 valence electrons. The minimum absolute atomic E-state index is 0.00883. The molecule has 1 saturated heterocycles. The number of amides is 3. The summed E-state index contributed by atoms with van der Waals surface area (Å²) in [5.74, 6) is -0.703. The van der Waals surface area contributed by atoms with Crippen molar-refractivity contribution in [3.8, 4) is 5.75 Å². The van der Waals surface area contributed by atoms with Crippen molar-refractivity contribution >= 4 is 23.4 Å². The third-order valence-corrected chi connectivity index (χ3v) is 5.36. The van der Waals surface area contributed by atoms with E-state index in [0.717, 1.165) is 5.56 Å². The Bertz CT molecular complexity index is 946. The van der Waals surface area contributed by atoms with E-state index in [1.54, 1.807) is 31.4 Å². The lowest BCUT2D eigenvalue weighted by Gasteiger charge is -2.22. The molecule has 0 aromatic heterocycles. The van der Waals surface area contributed by atoms with Crippen LogP contribution in [0.25, 0.3) is 0 Å². The highest BCUT2D eigenvalue weighted by Crippen LogP contribution is 2.25. The van der Waals surface area contributed by atoms with Crippen LogP contribution in [-0.4, -0.2) is 31.4 Å². The summed E-state index contributed by atoms with van der Waals surface area (Å²) in [6.45, 7) is 6.64. The Kier molecular flexibility index (Phi) is 6.63. The third kappa shape index (κ3) is 5.63. The molecule has 2 atom stereocenters. The van der Waals surface area contributed by atoms with Crippen molar-refractivity contribution in [3.63, 3.8) is 0 Å². The second-order valence-corrected chi connectivity index (χ2v) is 8.74. The molecule has 1 aliphatic rings. The fraction of sp³-hybridized carbons (Fsp3) is 0.375. The van der Waals surface area contributed by atoms with Crippen molar-refractivity contribution < 1.29 is 19.1 Å². The quantitative estimate of drug-likeness (QED) is 0.666.